The molecule has 0 saturated heterocycles. The van der Waals surface area contributed by atoms with Gasteiger partial charge in [0.15, 0.2) is 0 Å². The third kappa shape index (κ3) is 7.84. The van der Waals surface area contributed by atoms with E-state index in [1.807, 2.05) is 29.9 Å². The highest BCUT2D eigenvalue weighted by Gasteiger charge is 2.30. The lowest BCUT2D eigenvalue weighted by Crippen LogP contribution is -2.29. The maximum atomic E-state index is 13.4. The monoisotopic (exact) mass is 565 g/mol. The predicted molar refractivity (Wildman–Crippen MR) is 167 cm³/mol. The van der Waals surface area contributed by atoms with Crippen molar-refractivity contribution in [1.29, 1.82) is 0 Å². The van der Waals surface area contributed by atoms with E-state index in [0.29, 0.717) is 30.1 Å². The van der Waals surface area contributed by atoms with Crippen LogP contribution in [0.2, 0.25) is 25.7 Å². The van der Waals surface area contributed by atoms with Gasteiger partial charge in [-0.15, -0.1) is 0 Å². The summed E-state index contributed by atoms with van der Waals surface area (Å²) in [5, 5.41) is 7.78. The number of anilines is 1. The number of aryl methyl sites for hydroxylation is 1. The molecule has 220 valence electrons. The Hall–Kier alpha value is -2.45. The zero-order valence-electron chi connectivity index (χ0n) is 25.5. The number of aromatic nitrogens is 3. The summed E-state index contributed by atoms with van der Waals surface area (Å²) in [4.78, 5) is 18.0. The predicted octanol–water partition coefficient (Wildman–Crippen LogP) is 7.44. The minimum absolute atomic E-state index is 0.208. The molecule has 0 spiro atoms. The molecule has 2 aliphatic rings. The Morgan fingerprint density at radius 1 is 1.05 bits per heavy atom. The van der Waals surface area contributed by atoms with Crippen LogP contribution in [0.3, 0.4) is 0 Å². The summed E-state index contributed by atoms with van der Waals surface area (Å²) in [6, 6.07) is 5.04. The lowest BCUT2D eigenvalue weighted by Gasteiger charge is -2.33. The second-order valence-electron chi connectivity index (χ2n) is 13.0. The van der Waals surface area contributed by atoms with Gasteiger partial charge < -0.3 is 15.8 Å². The van der Waals surface area contributed by atoms with Gasteiger partial charge in [-0.05, 0) is 74.6 Å². The first-order chi connectivity index (χ1) is 19.2. The van der Waals surface area contributed by atoms with Gasteiger partial charge in [0.1, 0.15) is 12.5 Å². The summed E-state index contributed by atoms with van der Waals surface area (Å²) in [5.41, 5.74) is 12.5. The second kappa shape index (κ2) is 13.9. The molecule has 0 bridgehead atoms. The molecule has 2 fully saturated rings. The van der Waals surface area contributed by atoms with Gasteiger partial charge in [-0.2, -0.15) is 5.10 Å². The largest absolute Gasteiger partial charge is 0.394 e. The molecule has 2 saturated carbocycles. The summed E-state index contributed by atoms with van der Waals surface area (Å²) < 4.78 is 7.97. The van der Waals surface area contributed by atoms with Crippen molar-refractivity contribution in [3.8, 4) is 11.1 Å². The topological polar surface area (TPSA) is 95.1 Å². The van der Waals surface area contributed by atoms with Gasteiger partial charge in [-0.1, -0.05) is 65.1 Å². The Balaban J connectivity index is 1.48. The fourth-order valence-electron chi connectivity index (χ4n) is 6.53. The molecule has 7 nitrogen and oxygen atoms in total. The van der Waals surface area contributed by atoms with E-state index < -0.39 is 8.07 Å². The van der Waals surface area contributed by atoms with Crippen LogP contribution >= 0.6 is 0 Å². The van der Waals surface area contributed by atoms with Crippen molar-refractivity contribution in [3.63, 3.8) is 0 Å². The van der Waals surface area contributed by atoms with Crippen LogP contribution in [0.5, 0.6) is 0 Å². The molecule has 0 aromatic carbocycles. The third-order valence-corrected chi connectivity index (χ3v) is 10.4. The Morgan fingerprint density at radius 3 is 2.20 bits per heavy atom. The van der Waals surface area contributed by atoms with Gasteiger partial charge in [0, 0.05) is 37.7 Å². The molecule has 40 heavy (non-hydrogen) atoms. The molecule has 2 aromatic rings. The number of nitrogens with zero attached hydrogens (tertiary/aromatic N) is 3. The Bertz CT molecular complexity index is 1130. The summed E-state index contributed by atoms with van der Waals surface area (Å²) >= 11 is 0. The third-order valence-electron chi connectivity index (χ3n) is 8.72. The maximum Gasteiger partial charge on any atom is 0.272 e. The highest BCUT2D eigenvalue weighted by molar-refractivity contribution is 6.76. The Labute approximate surface area is 242 Å². The van der Waals surface area contributed by atoms with Crippen LogP contribution in [0.25, 0.3) is 11.1 Å². The van der Waals surface area contributed by atoms with Crippen LogP contribution in [0.4, 0.5) is 5.82 Å². The minimum Gasteiger partial charge on any atom is -0.394 e. The first-order valence-electron chi connectivity index (χ1n) is 15.6. The fourth-order valence-corrected chi connectivity index (χ4v) is 7.29. The molecule has 3 N–H and O–H groups in total. The normalized spacial score (nSPS) is 17.1. The van der Waals surface area contributed by atoms with Crippen molar-refractivity contribution in [2.24, 2.45) is 17.6 Å². The molecule has 1 amide bonds. The number of allylic oxidation sites excluding steroid dienone is 1. The van der Waals surface area contributed by atoms with Crippen LogP contribution in [0, 0.1) is 18.8 Å². The number of pyridine rings is 1. The average molecular weight is 566 g/mol. The van der Waals surface area contributed by atoms with E-state index in [1.165, 1.54) is 44.1 Å². The molecule has 0 atom stereocenters. The van der Waals surface area contributed by atoms with E-state index >= 15 is 0 Å². The number of hydrogen-bond donors (Lipinski definition) is 2. The average Bonchev–Trinajstić information content (AvgIpc) is 3.27. The summed E-state index contributed by atoms with van der Waals surface area (Å²) in [5.74, 6) is 1.22. The van der Waals surface area contributed by atoms with Crippen molar-refractivity contribution in [2.45, 2.75) is 117 Å². The fraction of sp³-hybridized carbons (Fsp3) is 0.656. The number of carbonyl (C=O) groups excluding carboxylic acids is 1. The molecule has 0 aliphatic heterocycles. The van der Waals surface area contributed by atoms with Gasteiger partial charge in [-0.3, -0.25) is 4.79 Å². The lowest BCUT2D eigenvalue weighted by molar-refractivity contribution is -0.113. The number of carbonyl (C=O) groups is 1. The molecule has 2 heterocycles. The number of hydrogen-bond acceptors (Lipinski definition) is 5. The van der Waals surface area contributed by atoms with Crippen molar-refractivity contribution in [3.05, 3.63) is 41.0 Å². The quantitative estimate of drug-likeness (QED) is 0.168. The number of nitrogens with two attached hydrogens (primary N) is 1. The smallest absolute Gasteiger partial charge is 0.272 e. The number of nitrogens with one attached hydrogen (secondary N) is 1. The van der Waals surface area contributed by atoms with Crippen LogP contribution in [-0.2, 0) is 22.7 Å². The van der Waals surface area contributed by atoms with Gasteiger partial charge in [0.05, 0.1) is 11.4 Å². The number of amides is 1. The van der Waals surface area contributed by atoms with Gasteiger partial charge in [0.25, 0.3) is 5.91 Å². The molecule has 2 aliphatic carbocycles. The van der Waals surface area contributed by atoms with Crippen molar-refractivity contribution >= 4 is 19.8 Å². The highest BCUT2D eigenvalue weighted by Crippen LogP contribution is 2.40. The SMILES string of the molecule is CCc1c(-c2ccc(NC(=O)C(N)=C(C3CCCCC3)C3CCCCC3)nc2)c(C)nn1COCC[Si](C)(C)C. The second-order valence-corrected chi connectivity index (χ2v) is 18.7. The Kier molecular flexibility index (Phi) is 10.6. The van der Waals surface area contributed by atoms with Crippen LogP contribution in [0.1, 0.15) is 82.5 Å². The summed E-state index contributed by atoms with van der Waals surface area (Å²) in [6.45, 7) is 12.5. The van der Waals surface area contributed by atoms with Crippen molar-refractivity contribution in [1.82, 2.24) is 14.8 Å². The molecule has 0 unspecified atom stereocenters. The lowest BCUT2D eigenvalue weighted by atomic mass is 9.73. The zero-order valence-corrected chi connectivity index (χ0v) is 26.5. The van der Waals surface area contributed by atoms with E-state index in [0.717, 1.165) is 67.3 Å². The van der Waals surface area contributed by atoms with Crippen molar-refractivity contribution in [2.75, 3.05) is 11.9 Å². The maximum absolute atomic E-state index is 13.4. The first-order valence-corrected chi connectivity index (χ1v) is 19.3. The van der Waals surface area contributed by atoms with E-state index in [9.17, 15) is 4.79 Å². The van der Waals surface area contributed by atoms with Gasteiger partial charge >= 0.3 is 0 Å². The first kappa shape index (κ1) is 30.5. The van der Waals surface area contributed by atoms with Gasteiger partial charge in [-0.25, -0.2) is 9.67 Å². The van der Waals surface area contributed by atoms with Crippen LogP contribution < -0.4 is 11.1 Å². The van der Waals surface area contributed by atoms with Crippen molar-refractivity contribution < 1.29 is 9.53 Å². The zero-order chi connectivity index (χ0) is 28.7. The van der Waals surface area contributed by atoms with E-state index in [2.05, 4.69) is 36.9 Å². The summed E-state index contributed by atoms with van der Waals surface area (Å²) in [6.07, 6.45) is 14.8. The van der Waals surface area contributed by atoms with Crippen LogP contribution in [-0.4, -0.2) is 35.4 Å². The molecule has 4 rings (SSSR count). The molecular weight excluding hydrogens is 514 g/mol. The molecule has 8 heteroatoms. The molecule has 2 aromatic heterocycles. The molecular formula is C32H51N5O2Si. The van der Waals surface area contributed by atoms with Crippen LogP contribution in [0.15, 0.2) is 29.6 Å². The van der Waals surface area contributed by atoms with E-state index in [-0.39, 0.29) is 5.91 Å². The van der Waals surface area contributed by atoms with E-state index in [4.69, 9.17) is 15.6 Å². The highest BCUT2D eigenvalue weighted by atomic mass is 28.3. The minimum atomic E-state index is -1.13. The summed E-state index contributed by atoms with van der Waals surface area (Å²) in [7, 11) is -1.13. The molecule has 0 radical (unpaired) electrons. The number of ether oxygens (including phenoxy) is 1. The number of rotatable bonds is 11. The van der Waals surface area contributed by atoms with Gasteiger partial charge in [0.2, 0.25) is 0 Å². The standard InChI is InChI=1S/C32H51N5O2Si/c1-6-27-29(23(2)36-37(27)22-39-19-20-40(3,4)5)26-17-18-28(34-21-26)35-32(38)31(33)30(24-13-9-7-10-14-24)25-15-11-8-12-16-25/h17-18,21,24-25H,6-16,19-20,22,33H2,1-5H3,(H,34,35,38). The van der Waals surface area contributed by atoms with E-state index in [1.54, 1.807) is 0 Å². The Morgan fingerprint density at radius 2 is 1.68 bits per heavy atom.